The Morgan fingerprint density at radius 2 is 1.90 bits per heavy atom. The number of aromatic nitrogens is 1. The van der Waals surface area contributed by atoms with E-state index in [-0.39, 0.29) is 6.03 Å². The molecule has 1 aromatic heterocycles. The van der Waals surface area contributed by atoms with Crippen LogP contribution in [0.4, 0.5) is 16.2 Å². The van der Waals surface area contributed by atoms with Gasteiger partial charge in [0.05, 0.1) is 13.2 Å². The molecule has 7 nitrogen and oxygen atoms in total. The summed E-state index contributed by atoms with van der Waals surface area (Å²) in [5.74, 6) is 0.342. The van der Waals surface area contributed by atoms with E-state index in [1.54, 1.807) is 17.9 Å². The summed E-state index contributed by atoms with van der Waals surface area (Å²) in [5.41, 5.74) is 5.60. The first kappa shape index (κ1) is 20.9. The van der Waals surface area contributed by atoms with E-state index in [1.165, 1.54) is 23.9 Å². The average molecular weight is 399 g/mol. The minimum absolute atomic E-state index is 0.189. The highest BCUT2D eigenvalue weighted by Crippen LogP contribution is 2.29. The van der Waals surface area contributed by atoms with Gasteiger partial charge in [0, 0.05) is 43.1 Å². The van der Waals surface area contributed by atoms with Crippen molar-refractivity contribution in [2.24, 2.45) is 0 Å². The number of pyridine rings is 1. The summed E-state index contributed by atoms with van der Waals surface area (Å²) in [7, 11) is 1.52. The van der Waals surface area contributed by atoms with E-state index >= 15 is 0 Å². The molecule has 1 aromatic carbocycles. The van der Waals surface area contributed by atoms with Crippen LogP contribution in [0, 0.1) is 20.8 Å². The van der Waals surface area contributed by atoms with Crippen LogP contribution in [0.25, 0.3) is 0 Å². The fourth-order valence-electron chi connectivity index (χ4n) is 3.69. The number of urea groups is 1. The predicted molar refractivity (Wildman–Crippen MR) is 115 cm³/mol. The fraction of sp³-hybridized carbons (Fsp3) is 0.455. The Kier molecular flexibility index (Phi) is 6.27. The smallest absolute Gasteiger partial charge is 0.322 e. The van der Waals surface area contributed by atoms with Gasteiger partial charge in [-0.1, -0.05) is 12.1 Å². The van der Waals surface area contributed by atoms with Gasteiger partial charge < -0.3 is 25.0 Å². The van der Waals surface area contributed by atoms with Gasteiger partial charge in [0.25, 0.3) is 0 Å². The normalized spacial score (nSPS) is 15.2. The molecule has 1 aliphatic rings. The van der Waals surface area contributed by atoms with Gasteiger partial charge >= 0.3 is 6.03 Å². The number of hydrogen-bond donors (Lipinski definition) is 2. The lowest BCUT2D eigenvalue weighted by Gasteiger charge is -2.37. The highest BCUT2D eigenvalue weighted by atomic mass is 16.5. The zero-order chi connectivity index (χ0) is 21.1. The number of aliphatic hydroxyl groups is 1. The van der Waals surface area contributed by atoms with Crippen LogP contribution in [-0.4, -0.2) is 54.3 Å². The standard InChI is InChI=1S/C22H30N4O3/c1-14-7-6-8-20(15(14)2)25-9-11-26(12-10-25)22(28)24-19-13-18(17(4)27)16(3)23-21(19)29-5/h6-8,13,17,27H,9-12H2,1-5H3,(H,24,28). The molecule has 1 saturated heterocycles. The quantitative estimate of drug-likeness (QED) is 0.825. The number of aryl methyl sites for hydroxylation is 2. The molecule has 0 saturated carbocycles. The van der Waals surface area contributed by atoms with Gasteiger partial charge in [-0.3, -0.25) is 0 Å². The van der Waals surface area contributed by atoms with E-state index < -0.39 is 6.10 Å². The maximum Gasteiger partial charge on any atom is 0.322 e. The van der Waals surface area contributed by atoms with Crippen LogP contribution in [0.1, 0.15) is 35.4 Å². The third kappa shape index (κ3) is 4.45. The van der Waals surface area contributed by atoms with Crippen LogP contribution in [0.5, 0.6) is 5.88 Å². The fourth-order valence-corrected chi connectivity index (χ4v) is 3.69. The second-order valence-corrected chi connectivity index (χ2v) is 7.52. The van der Waals surface area contributed by atoms with Gasteiger partial charge in [-0.25, -0.2) is 9.78 Å². The van der Waals surface area contributed by atoms with Crippen molar-refractivity contribution in [3.8, 4) is 5.88 Å². The summed E-state index contributed by atoms with van der Waals surface area (Å²) in [6.45, 7) is 10.6. The van der Waals surface area contributed by atoms with E-state index in [4.69, 9.17) is 4.74 Å². The monoisotopic (exact) mass is 398 g/mol. The average Bonchev–Trinajstić information content (AvgIpc) is 2.71. The number of methoxy groups -OCH3 is 1. The molecule has 2 N–H and O–H groups in total. The van der Waals surface area contributed by atoms with E-state index in [2.05, 4.69) is 47.2 Å². The summed E-state index contributed by atoms with van der Waals surface area (Å²) >= 11 is 0. The van der Waals surface area contributed by atoms with Crippen molar-refractivity contribution >= 4 is 17.4 Å². The number of hydrogen-bond acceptors (Lipinski definition) is 5. The summed E-state index contributed by atoms with van der Waals surface area (Å²) in [6.07, 6.45) is -0.676. The van der Waals surface area contributed by atoms with Gasteiger partial charge in [-0.15, -0.1) is 0 Å². The first-order valence-corrected chi connectivity index (χ1v) is 9.92. The highest BCUT2D eigenvalue weighted by Gasteiger charge is 2.24. The SMILES string of the molecule is COc1nc(C)c(C(C)O)cc1NC(=O)N1CCN(c2cccc(C)c2C)CC1. The van der Waals surface area contributed by atoms with Gasteiger partial charge in [0.1, 0.15) is 5.69 Å². The first-order chi connectivity index (χ1) is 13.8. The van der Waals surface area contributed by atoms with Crippen molar-refractivity contribution in [2.75, 3.05) is 43.5 Å². The zero-order valence-electron chi connectivity index (χ0n) is 17.8. The molecule has 29 heavy (non-hydrogen) atoms. The van der Waals surface area contributed by atoms with Crippen molar-refractivity contribution in [1.82, 2.24) is 9.88 Å². The Morgan fingerprint density at radius 1 is 1.21 bits per heavy atom. The van der Waals surface area contributed by atoms with Gasteiger partial charge in [0.2, 0.25) is 5.88 Å². The Hall–Kier alpha value is -2.80. The predicted octanol–water partition coefficient (Wildman–Crippen LogP) is 3.42. The van der Waals surface area contributed by atoms with Crippen molar-refractivity contribution in [3.05, 3.63) is 46.6 Å². The number of rotatable bonds is 4. The van der Waals surface area contributed by atoms with Crippen LogP contribution in [-0.2, 0) is 0 Å². The molecule has 1 atom stereocenters. The molecular formula is C22H30N4O3. The third-order valence-electron chi connectivity index (χ3n) is 5.59. The van der Waals surface area contributed by atoms with Crippen molar-refractivity contribution in [3.63, 3.8) is 0 Å². The van der Waals surface area contributed by atoms with Crippen molar-refractivity contribution < 1.29 is 14.6 Å². The number of anilines is 2. The van der Waals surface area contributed by atoms with Crippen LogP contribution >= 0.6 is 0 Å². The van der Waals surface area contributed by atoms with E-state index in [0.717, 1.165) is 13.1 Å². The molecule has 0 radical (unpaired) electrons. The number of benzene rings is 1. The van der Waals surface area contributed by atoms with Gasteiger partial charge in [-0.2, -0.15) is 0 Å². The van der Waals surface area contributed by atoms with Gasteiger partial charge in [-0.05, 0) is 51.0 Å². The zero-order valence-corrected chi connectivity index (χ0v) is 17.8. The first-order valence-electron chi connectivity index (χ1n) is 9.92. The maximum atomic E-state index is 12.8. The van der Waals surface area contributed by atoms with Crippen LogP contribution in [0.15, 0.2) is 24.3 Å². The lowest BCUT2D eigenvalue weighted by molar-refractivity contribution is 0.197. The number of carbonyl (C=O) groups is 1. The molecule has 156 valence electrons. The Labute approximate surface area is 172 Å². The minimum Gasteiger partial charge on any atom is -0.480 e. The molecule has 0 bridgehead atoms. The van der Waals surface area contributed by atoms with Crippen LogP contribution < -0.4 is 15.0 Å². The number of nitrogens with one attached hydrogen (secondary N) is 1. The maximum absolute atomic E-state index is 12.8. The summed E-state index contributed by atoms with van der Waals surface area (Å²) in [6, 6.07) is 7.88. The molecule has 2 amide bonds. The van der Waals surface area contributed by atoms with E-state index in [9.17, 15) is 9.90 Å². The molecule has 3 rings (SSSR count). The molecule has 7 heteroatoms. The van der Waals surface area contributed by atoms with Crippen LogP contribution in [0.3, 0.4) is 0 Å². The third-order valence-corrected chi connectivity index (χ3v) is 5.59. The largest absolute Gasteiger partial charge is 0.480 e. The van der Waals surface area contributed by atoms with Gasteiger partial charge in [0.15, 0.2) is 0 Å². The summed E-state index contributed by atoms with van der Waals surface area (Å²) in [4.78, 5) is 21.3. The molecule has 0 spiro atoms. The number of nitrogens with zero attached hydrogens (tertiary/aromatic N) is 3. The van der Waals surface area contributed by atoms with E-state index in [1.807, 2.05) is 6.92 Å². The summed E-state index contributed by atoms with van der Waals surface area (Å²) < 4.78 is 5.31. The Morgan fingerprint density at radius 3 is 2.52 bits per heavy atom. The Balaban J connectivity index is 1.69. The Bertz CT molecular complexity index is 890. The number of amides is 2. The van der Waals surface area contributed by atoms with Crippen LogP contribution in [0.2, 0.25) is 0 Å². The highest BCUT2D eigenvalue weighted by molar-refractivity contribution is 5.91. The van der Waals surface area contributed by atoms with Crippen molar-refractivity contribution in [1.29, 1.82) is 0 Å². The molecule has 2 heterocycles. The molecular weight excluding hydrogens is 368 g/mol. The lowest BCUT2D eigenvalue weighted by Crippen LogP contribution is -2.50. The summed E-state index contributed by atoms with van der Waals surface area (Å²) in [5, 5.41) is 12.8. The molecule has 1 fully saturated rings. The molecule has 0 aliphatic carbocycles. The molecule has 2 aromatic rings. The second kappa shape index (κ2) is 8.69. The minimum atomic E-state index is -0.676. The number of piperazine rings is 1. The number of carbonyl (C=O) groups excluding carboxylic acids is 1. The number of ether oxygens (including phenoxy) is 1. The molecule has 1 aliphatic heterocycles. The van der Waals surface area contributed by atoms with E-state index in [0.29, 0.717) is 35.9 Å². The number of aliphatic hydroxyl groups excluding tert-OH is 1. The lowest BCUT2D eigenvalue weighted by atomic mass is 10.1. The topological polar surface area (TPSA) is 77.9 Å². The molecule has 1 unspecified atom stereocenters. The second-order valence-electron chi connectivity index (χ2n) is 7.52. The van der Waals surface area contributed by atoms with Crippen molar-refractivity contribution in [2.45, 2.75) is 33.8 Å².